The van der Waals surface area contributed by atoms with Crippen LogP contribution in [-0.2, 0) is 4.74 Å². The van der Waals surface area contributed by atoms with Gasteiger partial charge in [0.2, 0.25) is 0 Å². The van der Waals surface area contributed by atoms with Crippen molar-refractivity contribution in [1.82, 2.24) is 19.6 Å². The van der Waals surface area contributed by atoms with Crippen LogP contribution >= 0.6 is 0 Å². The normalized spacial score (nSPS) is 25.6. The first kappa shape index (κ1) is 25.8. The van der Waals surface area contributed by atoms with Crippen LogP contribution < -0.4 is 0 Å². The Morgan fingerprint density at radius 2 is 0.857 bits per heavy atom. The molecule has 0 radical (unpaired) electrons. The Kier molecular flexibility index (Phi) is 15.3. The highest BCUT2D eigenvalue weighted by Gasteiger charge is 2.10. The molecule has 4 aliphatic heterocycles. The van der Waals surface area contributed by atoms with Gasteiger partial charge in [-0.25, -0.2) is 0 Å². The number of hydrogen-bond donors (Lipinski definition) is 0. The van der Waals surface area contributed by atoms with Crippen molar-refractivity contribution in [2.45, 2.75) is 51.9 Å². The lowest BCUT2D eigenvalue weighted by Crippen LogP contribution is -2.32. The topological polar surface area (TPSA) is 22.2 Å². The molecular formula is C23H50N4O. The zero-order valence-corrected chi connectivity index (χ0v) is 19.8. The summed E-state index contributed by atoms with van der Waals surface area (Å²) in [6.07, 6.45) is 9.90. The maximum Gasteiger partial charge on any atom is 0.0594 e. The SMILES string of the molecule is CC1CCN(C)CC1.CN1CCCC1.CN1CCCCC1.CN1CCOCC1. The predicted octanol–water partition coefficient (Wildman–Crippen LogP) is 3.11. The lowest BCUT2D eigenvalue weighted by molar-refractivity contribution is 0.0503. The van der Waals surface area contributed by atoms with E-state index in [1.807, 2.05) is 0 Å². The zero-order chi connectivity index (χ0) is 20.6. The van der Waals surface area contributed by atoms with E-state index < -0.39 is 0 Å². The minimum atomic E-state index is 0.913. The smallest absolute Gasteiger partial charge is 0.0594 e. The van der Waals surface area contributed by atoms with Crippen molar-refractivity contribution in [3.8, 4) is 0 Å². The van der Waals surface area contributed by atoms with Gasteiger partial charge >= 0.3 is 0 Å². The fourth-order valence-electron chi connectivity index (χ4n) is 3.72. The summed E-state index contributed by atoms with van der Waals surface area (Å²) in [6.45, 7) is 14.3. The van der Waals surface area contributed by atoms with Gasteiger partial charge in [-0.2, -0.15) is 0 Å². The van der Waals surface area contributed by atoms with E-state index in [4.69, 9.17) is 4.74 Å². The summed E-state index contributed by atoms with van der Waals surface area (Å²) in [4.78, 5) is 9.42. The fraction of sp³-hybridized carbons (Fsp3) is 1.00. The zero-order valence-electron chi connectivity index (χ0n) is 19.8. The van der Waals surface area contributed by atoms with Gasteiger partial charge in [-0.1, -0.05) is 13.3 Å². The number of likely N-dealkylation sites (tertiary alicyclic amines) is 3. The van der Waals surface area contributed by atoms with Crippen molar-refractivity contribution in [1.29, 1.82) is 0 Å². The third-order valence-corrected chi connectivity index (χ3v) is 6.15. The van der Waals surface area contributed by atoms with E-state index in [9.17, 15) is 0 Å². The minimum Gasteiger partial charge on any atom is -0.379 e. The summed E-state index contributed by atoms with van der Waals surface area (Å²) in [7, 11) is 8.68. The summed E-state index contributed by atoms with van der Waals surface area (Å²) >= 11 is 0. The molecule has 0 bridgehead atoms. The monoisotopic (exact) mass is 398 g/mol. The Balaban J connectivity index is 0.000000188. The second-order valence-corrected chi connectivity index (χ2v) is 9.28. The quantitative estimate of drug-likeness (QED) is 0.623. The van der Waals surface area contributed by atoms with Crippen molar-refractivity contribution < 1.29 is 4.74 Å². The van der Waals surface area contributed by atoms with Crippen LogP contribution in [0.1, 0.15) is 51.9 Å². The maximum atomic E-state index is 5.10. The molecule has 0 aromatic heterocycles. The van der Waals surface area contributed by atoms with E-state index in [0.717, 1.165) is 32.2 Å². The van der Waals surface area contributed by atoms with Crippen LogP contribution in [0.15, 0.2) is 0 Å². The Bertz CT molecular complexity index is 303. The van der Waals surface area contributed by atoms with Crippen LogP contribution in [0.2, 0.25) is 0 Å². The number of hydrogen-bond acceptors (Lipinski definition) is 5. The summed E-state index contributed by atoms with van der Waals surface area (Å²) < 4.78 is 5.10. The number of likely N-dealkylation sites (N-methyl/N-ethyl adjacent to an activating group) is 1. The molecule has 4 saturated heterocycles. The molecule has 5 heteroatoms. The standard InChI is InChI=1S/C7H15N.C6H13N.C5H11NO.C5H11N/c1-7-3-5-8(2)6-4-7;1-7-5-3-2-4-6-7;1-6-2-4-7-5-3-6;1-6-4-2-3-5-6/h7H,3-6H2,1-2H3;2-6H2,1H3;2-5H2,1H3;2-5H2,1H3. The van der Waals surface area contributed by atoms with Gasteiger partial charge in [-0.15, -0.1) is 0 Å². The summed E-state index contributed by atoms with van der Waals surface area (Å²) in [5.41, 5.74) is 0. The van der Waals surface area contributed by atoms with Crippen molar-refractivity contribution in [2.75, 3.05) is 93.8 Å². The third-order valence-electron chi connectivity index (χ3n) is 6.15. The van der Waals surface area contributed by atoms with E-state index in [1.165, 1.54) is 84.2 Å². The third kappa shape index (κ3) is 14.7. The van der Waals surface area contributed by atoms with Crippen LogP contribution in [0.5, 0.6) is 0 Å². The van der Waals surface area contributed by atoms with Crippen molar-refractivity contribution in [2.24, 2.45) is 5.92 Å². The molecule has 28 heavy (non-hydrogen) atoms. The van der Waals surface area contributed by atoms with Crippen LogP contribution in [-0.4, -0.2) is 113 Å². The molecule has 0 amide bonds. The molecule has 0 aromatic rings. The lowest BCUT2D eigenvalue weighted by Gasteiger charge is -2.26. The second-order valence-electron chi connectivity index (χ2n) is 9.28. The Morgan fingerprint density at radius 1 is 0.500 bits per heavy atom. The Labute approximate surface area is 176 Å². The highest BCUT2D eigenvalue weighted by atomic mass is 16.5. The summed E-state index contributed by atoms with van der Waals surface area (Å²) in [6, 6.07) is 0. The fourth-order valence-corrected chi connectivity index (χ4v) is 3.72. The number of piperidine rings is 2. The van der Waals surface area contributed by atoms with Crippen molar-refractivity contribution >= 4 is 0 Å². The average Bonchev–Trinajstić information content (AvgIpc) is 3.18. The first-order chi connectivity index (χ1) is 13.5. The Morgan fingerprint density at radius 3 is 1.11 bits per heavy atom. The predicted molar refractivity (Wildman–Crippen MR) is 122 cm³/mol. The Hall–Kier alpha value is -0.200. The molecule has 0 atom stereocenters. The van der Waals surface area contributed by atoms with Gasteiger partial charge in [-0.3, -0.25) is 0 Å². The van der Waals surface area contributed by atoms with Crippen LogP contribution in [0.3, 0.4) is 0 Å². The average molecular weight is 399 g/mol. The molecule has 5 nitrogen and oxygen atoms in total. The highest BCUT2D eigenvalue weighted by Crippen LogP contribution is 2.13. The van der Waals surface area contributed by atoms with E-state index in [0.29, 0.717) is 0 Å². The highest BCUT2D eigenvalue weighted by molar-refractivity contribution is 4.65. The molecule has 4 heterocycles. The van der Waals surface area contributed by atoms with E-state index in [2.05, 4.69) is 54.7 Å². The number of nitrogens with zero attached hydrogens (tertiary/aromatic N) is 4. The molecule has 0 unspecified atom stereocenters. The van der Waals surface area contributed by atoms with Crippen molar-refractivity contribution in [3.05, 3.63) is 0 Å². The van der Waals surface area contributed by atoms with Gasteiger partial charge in [0.05, 0.1) is 13.2 Å². The molecule has 0 aromatic carbocycles. The van der Waals surface area contributed by atoms with E-state index in [1.54, 1.807) is 0 Å². The first-order valence-corrected chi connectivity index (χ1v) is 11.8. The molecule has 168 valence electrons. The van der Waals surface area contributed by atoms with Crippen LogP contribution in [0.25, 0.3) is 0 Å². The molecule has 0 saturated carbocycles. The molecule has 4 fully saturated rings. The van der Waals surface area contributed by atoms with E-state index >= 15 is 0 Å². The lowest BCUT2D eigenvalue weighted by atomic mass is 10.00. The minimum absolute atomic E-state index is 0.913. The first-order valence-electron chi connectivity index (χ1n) is 11.8. The van der Waals surface area contributed by atoms with Gasteiger partial charge in [-0.05, 0) is 112 Å². The van der Waals surface area contributed by atoms with Gasteiger partial charge in [0.1, 0.15) is 0 Å². The molecule has 0 aliphatic carbocycles. The maximum absolute atomic E-state index is 5.10. The number of morpholine rings is 1. The largest absolute Gasteiger partial charge is 0.379 e. The summed E-state index contributed by atoms with van der Waals surface area (Å²) in [5, 5.41) is 0. The van der Waals surface area contributed by atoms with E-state index in [-0.39, 0.29) is 0 Å². The molecule has 0 N–H and O–H groups in total. The van der Waals surface area contributed by atoms with Crippen LogP contribution in [0.4, 0.5) is 0 Å². The van der Waals surface area contributed by atoms with Crippen molar-refractivity contribution in [3.63, 3.8) is 0 Å². The van der Waals surface area contributed by atoms with Gasteiger partial charge in [0.15, 0.2) is 0 Å². The molecule has 4 aliphatic rings. The number of rotatable bonds is 0. The van der Waals surface area contributed by atoms with Gasteiger partial charge in [0, 0.05) is 13.1 Å². The molecular weight excluding hydrogens is 348 g/mol. The second kappa shape index (κ2) is 16.6. The number of ether oxygens (including phenoxy) is 1. The van der Waals surface area contributed by atoms with Crippen LogP contribution in [0, 0.1) is 5.92 Å². The molecule has 0 spiro atoms. The van der Waals surface area contributed by atoms with Gasteiger partial charge < -0.3 is 24.3 Å². The summed E-state index contributed by atoms with van der Waals surface area (Å²) in [5.74, 6) is 0.978. The van der Waals surface area contributed by atoms with Gasteiger partial charge in [0.25, 0.3) is 0 Å². The molecule has 4 rings (SSSR count).